The van der Waals surface area contributed by atoms with Crippen LogP contribution in [-0.2, 0) is 4.79 Å². The van der Waals surface area contributed by atoms with E-state index in [1.54, 1.807) is 0 Å². The Balaban J connectivity index is 1.93. The highest BCUT2D eigenvalue weighted by molar-refractivity contribution is 5.78. The molecule has 2 aliphatic rings. The van der Waals surface area contributed by atoms with E-state index in [0.29, 0.717) is 24.7 Å². The molecule has 0 aliphatic carbocycles. The predicted molar refractivity (Wildman–Crippen MR) is 68.7 cm³/mol. The van der Waals surface area contributed by atoms with Gasteiger partial charge in [-0.2, -0.15) is 0 Å². The van der Waals surface area contributed by atoms with Crippen molar-refractivity contribution in [1.82, 2.24) is 9.80 Å². The molecular formula is C13H25N3O. The first-order valence-corrected chi connectivity index (χ1v) is 6.94. The van der Waals surface area contributed by atoms with Crippen LogP contribution in [0.25, 0.3) is 0 Å². The highest BCUT2D eigenvalue weighted by atomic mass is 16.2. The molecule has 2 bridgehead atoms. The number of rotatable bonds is 4. The van der Waals surface area contributed by atoms with Crippen molar-refractivity contribution in [3.05, 3.63) is 0 Å². The number of fused-ring (bicyclic) bond motifs is 2. The average molecular weight is 239 g/mol. The Morgan fingerprint density at radius 3 is 2.24 bits per heavy atom. The second kappa shape index (κ2) is 5.36. The summed E-state index contributed by atoms with van der Waals surface area (Å²) in [6.07, 6.45) is 4.60. The third kappa shape index (κ3) is 2.63. The predicted octanol–water partition coefficient (Wildman–Crippen LogP) is 0.809. The summed E-state index contributed by atoms with van der Waals surface area (Å²) in [5.41, 5.74) is 6.04. The lowest BCUT2D eigenvalue weighted by atomic mass is 9.98. The highest BCUT2D eigenvalue weighted by Gasteiger charge is 2.40. The zero-order valence-corrected chi connectivity index (χ0v) is 11.1. The Labute approximate surface area is 104 Å². The zero-order chi connectivity index (χ0) is 12.4. The standard InChI is InChI=1S/C13H25N3O/c1-3-15(4-2)13(17)9-16-11-5-6-12(16)8-10(14)7-11/h10-12H,3-9,14H2,1-2H3. The van der Waals surface area contributed by atoms with Crippen LogP contribution in [-0.4, -0.2) is 53.5 Å². The van der Waals surface area contributed by atoms with Crippen molar-refractivity contribution in [1.29, 1.82) is 0 Å². The van der Waals surface area contributed by atoms with Crippen LogP contribution in [0.4, 0.5) is 0 Å². The third-order valence-electron chi connectivity index (χ3n) is 4.35. The molecule has 0 aromatic carbocycles. The van der Waals surface area contributed by atoms with E-state index >= 15 is 0 Å². The highest BCUT2D eigenvalue weighted by Crippen LogP contribution is 2.34. The summed E-state index contributed by atoms with van der Waals surface area (Å²) in [6.45, 7) is 6.32. The largest absolute Gasteiger partial charge is 0.342 e. The SMILES string of the molecule is CCN(CC)C(=O)CN1C2CCC1CC(N)C2. The molecule has 2 heterocycles. The summed E-state index contributed by atoms with van der Waals surface area (Å²) in [5.74, 6) is 0.280. The summed E-state index contributed by atoms with van der Waals surface area (Å²) in [4.78, 5) is 16.5. The minimum Gasteiger partial charge on any atom is -0.342 e. The lowest BCUT2D eigenvalue weighted by Crippen LogP contribution is -2.51. The number of nitrogens with zero attached hydrogens (tertiary/aromatic N) is 2. The Bertz CT molecular complexity index is 264. The lowest BCUT2D eigenvalue weighted by Gasteiger charge is -2.38. The van der Waals surface area contributed by atoms with E-state index in [9.17, 15) is 4.79 Å². The fourth-order valence-electron chi connectivity index (χ4n) is 3.41. The third-order valence-corrected chi connectivity index (χ3v) is 4.35. The first kappa shape index (κ1) is 12.8. The molecule has 2 rings (SSSR count). The fourth-order valence-corrected chi connectivity index (χ4v) is 3.41. The van der Waals surface area contributed by atoms with Gasteiger partial charge in [0.1, 0.15) is 0 Å². The van der Waals surface area contributed by atoms with Crippen molar-refractivity contribution in [2.45, 2.75) is 57.7 Å². The monoisotopic (exact) mass is 239 g/mol. The van der Waals surface area contributed by atoms with Crippen molar-refractivity contribution < 1.29 is 4.79 Å². The van der Waals surface area contributed by atoms with Gasteiger partial charge in [0.05, 0.1) is 6.54 Å². The van der Waals surface area contributed by atoms with Gasteiger partial charge in [-0.3, -0.25) is 9.69 Å². The van der Waals surface area contributed by atoms with Crippen LogP contribution >= 0.6 is 0 Å². The van der Waals surface area contributed by atoms with Crippen LogP contribution in [0, 0.1) is 0 Å². The van der Waals surface area contributed by atoms with Gasteiger partial charge in [-0.05, 0) is 39.5 Å². The second-order valence-corrected chi connectivity index (χ2v) is 5.35. The number of piperidine rings is 1. The van der Waals surface area contributed by atoms with Crippen molar-refractivity contribution in [3.8, 4) is 0 Å². The Kier molecular flexibility index (Phi) is 4.05. The molecule has 2 unspecified atom stereocenters. The molecule has 1 amide bonds. The molecule has 4 heteroatoms. The van der Waals surface area contributed by atoms with Crippen LogP contribution < -0.4 is 5.73 Å². The number of nitrogens with two attached hydrogens (primary N) is 1. The van der Waals surface area contributed by atoms with E-state index in [0.717, 1.165) is 25.9 Å². The Morgan fingerprint density at radius 2 is 1.76 bits per heavy atom. The maximum atomic E-state index is 12.1. The topological polar surface area (TPSA) is 49.6 Å². The van der Waals surface area contributed by atoms with E-state index in [-0.39, 0.29) is 5.91 Å². The minimum absolute atomic E-state index is 0.280. The van der Waals surface area contributed by atoms with E-state index in [1.807, 2.05) is 18.7 Å². The Morgan fingerprint density at radius 1 is 1.24 bits per heavy atom. The molecule has 0 spiro atoms. The maximum Gasteiger partial charge on any atom is 0.236 e. The second-order valence-electron chi connectivity index (χ2n) is 5.35. The van der Waals surface area contributed by atoms with Crippen LogP contribution in [0.2, 0.25) is 0 Å². The van der Waals surface area contributed by atoms with E-state index in [1.165, 1.54) is 12.8 Å². The molecule has 2 fully saturated rings. The summed E-state index contributed by atoms with van der Waals surface area (Å²) in [5, 5.41) is 0. The number of hydrogen-bond donors (Lipinski definition) is 1. The summed E-state index contributed by atoms with van der Waals surface area (Å²) in [7, 11) is 0. The number of carbonyl (C=O) groups excluding carboxylic acids is 1. The molecule has 98 valence electrons. The molecule has 0 aromatic rings. The van der Waals surface area contributed by atoms with E-state index in [4.69, 9.17) is 5.73 Å². The molecule has 0 saturated carbocycles. The van der Waals surface area contributed by atoms with Gasteiger partial charge in [-0.1, -0.05) is 0 Å². The van der Waals surface area contributed by atoms with Crippen LogP contribution in [0.3, 0.4) is 0 Å². The normalized spacial score (nSPS) is 32.8. The number of carbonyl (C=O) groups is 1. The van der Waals surface area contributed by atoms with Crippen LogP contribution in [0.15, 0.2) is 0 Å². The summed E-state index contributed by atoms with van der Waals surface area (Å²) < 4.78 is 0. The molecular weight excluding hydrogens is 214 g/mol. The van der Waals surface area contributed by atoms with Gasteiger partial charge in [0.25, 0.3) is 0 Å². The van der Waals surface area contributed by atoms with Crippen LogP contribution in [0.5, 0.6) is 0 Å². The molecule has 17 heavy (non-hydrogen) atoms. The van der Waals surface area contributed by atoms with E-state index < -0.39 is 0 Å². The van der Waals surface area contributed by atoms with Crippen molar-refractivity contribution in [2.24, 2.45) is 5.73 Å². The quantitative estimate of drug-likeness (QED) is 0.790. The van der Waals surface area contributed by atoms with Crippen molar-refractivity contribution >= 4 is 5.91 Å². The fraction of sp³-hybridized carbons (Fsp3) is 0.923. The molecule has 2 N–H and O–H groups in total. The maximum absolute atomic E-state index is 12.1. The summed E-state index contributed by atoms with van der Waals surface area (Å²) >= 11 is 0. The average Bonchev–Trinajstić information content (AvgIpc) is 2.54. The molecule has 2 atom stereocenters. The molecule has 0 radical (unpaired) electrons. The van der Waals surface area contributed by atoms with Crippen molar-refractivity contribution in [2.75, 3.05) is 19.6 Å². The van der Waals surface area contributed by atoms with Gasteiger partial charge in [0.2, 0.25) is 5.91 Å². The van der Waals surface area contributed by atoms with Gasteiger partial charge < -0.3 is 10.6 Å². The number of likely N-dealkylation sites (N-methyl/N-ethyl adjacent to an activating group) is 1. The molecule has 2 saturated heterocycles. The van der Waals surface area contributed by atoms with Gasteiger partial charge in [-0.15, -0.1) is 0 Å². The van der Waals surface area contributed by atoms with Crippen LogP contribution in [0.1, 0.15) is 39.5 Å². The number of amides is 1. The summed E-state index contributed by atoms with van der Waals surface area (Å²) in [6, 6.07) is 1.47. The molecule has 2 aliphatic heterocycles. The number of hydrogen-bond acceptors (Lipinski definition) is 3. The zero-order valence-electron chi connectivity index (χ0n) is 11.1. The van der Waals surface area contributed by atoms with Gasteiger partial charge >= 0.3 is 0 Å². The minimum atomic E-state index is 0.280. The molecule has 4 nitrogen and oxygen atoms in total. The first-order valence-electron chi connectivity index (χ1n) is 6.94. The first-order chi connectivity index (χ1) is 8.15. The lowest BCUT2D eigenvalue weighted by molar-refractivity contribution is -0.133. The smallest absolute Gasteiger partial charge is 0.236 e. The van der Waals surface area contributed by atoms with Crippen molar-refractivity contribution in [3.63, 3.8) is 0 Å². The van der Waals surface area contributed by atoms with Gasteiger partial charge in [0, 0.05) is 31.2 Å². The Hall–Kier alpha value is -0.610. The van der Waals surface area contributed by atoms with Gasteiger partial charge in [-0.25, -0.2) is 0 Å². The van der Waals surface area contributed by atoms with E-state index in [2.05, 4.69) is 4.90 Å². The molecule has 0 aromatic heterocycles. The van der Waals surface area contributed by atoms with Gasteiger partial charge in [0.15, 0.2) is 0 Å².